The number of amides is 1. The van der Waals surface area contributed by atoms with Crippen molar-refractivity contribution in [3.63, 3.8) is 0 Å². The molecule has 6 bridgehead atoms. The Bertz CT molecular complexity index is 1210. The van der Waals surface area contributed by atoms with Crippen LogP contribution in [0.5, 0.6) is 11.5 Å². The number of aromatic nitrogens is 2. The standard InChI is InChI=1S/C26H27N5O2/c1-2-4-24-20-5-3-6-23(12-20)33-25-11-19(7-8-21(25)13-27)15-30-18-28-14-22(30)16-29-9-10-31(24)26(32)17-29/h3,5-8,11-12,14,18,24H,2,4,9-10,15-17H2,1H3. The second-order valence-electron chi connectivity index (χ2n) is 8.73. The van der Waals surface area contributed by atoms with Crippen molar-refractivity contribution in [2.24, 2.45) is 0 Å². The van der Waals surface area contributed by atoms with E-state index in [4.69, 9.17) is 4.74 Å². The molecule has 3 aliphatic rings. The highest BCUT2D eigenvalue weighted by Gasteiger charge is 2.31. The van der Waals surface area contributed by atoms with Crippen molar-refractivity contribution >= 4 is 5.91 Å². The first kappa shape index (κ1) is 21.2. The fraction of sp³-hybridized carbons (Fsp3) is 0.346. The Kier molecular flexibility index (Phi) is 5.84. The number of benzene rings is 2. The molecular formula is C26H27N5O2. The van der Waals surface area contributed by atoms with E-state index in [1.807, 2.05) is 53.8 Å². The molecule has 33 heavy (non-hydrogen) atoms. The van der Waals surface area contributed by atoms with Gasteiger partial charge in [0.1, 0.15) is 17.6 Å². The lowest BCUT2D eigenvalue weighted by atomic mass is 9.99. The Morgan fingerprint density at radius 3 is 2.88 bits per heavy atom. The number of nitrogens with zero attached hydrogens (tertiary/aromatic N) is 5. The lowest BCUT2D eigenvalue weighted by Crippen LogP contribution is -2.51. The molecule has 0 spiro atoms. The third-order valence-electron chi connectivity index (χ3n) is 6.45. The average molecular weight is 442 g/mol. The zero-order valence-electron chi connectivity index (χ0n) is 18.8. The first-order chi connectivity index (χ1) is 16.1. The van der Waals surface area contributed by atoms with E-state index in [2.05, 4.69) is 33.5 Å². The number of ether oxygens (including phenoxy) is 1. The van der Waals surface area contributed by atoms with E-state index in [1.165, 1.54) is 0 Å². The molecule has 0 saturated carbocycles. The Balaban J connectivity index is 1.60. The van der Waals surface area contributed by atoms with Crippen molar-refractivity contribution in [1.82, 2.24) is 19.4 Å². The summed E-state index contributed by atoms with van der Waals surface area (Å²) in [5.74, 6) is 1.36. The first-order valence-corrected chi connectivity index (χ1v) is 11.5. The number of carbonyl (C=O) groups excluding carboxylic acids is 1. The number of fused-ring (bicyclic) bond motifs is 2. The van der Waals surface area contributed by atoms with Crippen molar-refractivity contribution in [3.05, 3.63) is 77.4 Å². The van der Waals surface area contributed by atoms with Gasteiger partial charge in [0.2, 0.25) is 5.91 Å². The van der Waals surface area contributed by atoms with Gasteiger partial charge in [0.25, 0.3) is 0 Å². The maximum atomic E-state index is 13.2. The summed E-state index contributed by atoms with van der Waals surface area (Å²) in [4.78, 5) is 21.8. The summed E-state index contributed by atoms with van der Waals surface area (Å²) < 4.78 is 8.32. The van der Waals surface area contributed by atoms with Crippen molar-refractivity contribution in [1.29, 1.82) is 5.26 Å². The van der Waals surface area contributed by atoms with Gasteiger partial charge in [-0.25, -0.2) is 4.98 Å². The van der Waals surface area contributed by atoms with Crippen LogP contribution in [0.2, 0.25) is 0 Å². The molecule has 7 heteroatoms. The number of hydrogen-bond donors (Lipinski definition) is 0. The van der Waals surface area contributed by atoms with Crippen LogP contribution >= 0.6 is 0 Å². The van der Waals surface area contributed by atoms with Crippen LogP contribution in [-0.4, -0.2) is 44.9 Å². The van der Waals surface area contributed by atoms with Gasteiger partial charge >= 0.3 is 0 Å². The summed E-state index contributed by atoms with van der Waals surface area (Å²) in [6, 6.07) is 15.9. The number of imidazole rings is 1. The van der Waals surface area contributed by atoms with Gasteiger partial charge in [-0.1, -0.05) is 31.5 Å². The molecule has 168 valence electrons. The Morgan fingerprint density at radius 2 is 2.06 bits per heavy atom. The maximum Gasteiger partial charge on any atom is 0.237 e. The second-order valence-corrected chi connectivity index (χ2v) is 8.73. The van der Waals surface area contributed by atoms with E-state index in [0.29, 0.717) is 43.2 Å². The van der Waals surface area contributed by atoms with Crippen LogP contribution in [-0.2, 0) is 17.9 Å². The van der Waals surface area contributed by atoms with Crippen molar-refractivity contribution < 1.29 is 9.53 Å². The lowest BCUT2D eigenvalue weighted by molar-refractivity contribution is -0.139. The van der Waals surface area contributed by atoms with Gasteiger partial charge in [0, 0.05) is 32.4 Å². The van der Waals surface area contributed by atoms with E-state index in [1.54, 1.807) is 0 Å². The molecule has 0 aliphatic carbocycles. The largest absolute Gasteiger partial charge is 0.456 e. The molecule has 1 saturated heterocycles. The highest BCUT2D eigenvalue weighted by atomic mass is 16.5. The summed E-state index contributed by atoms with van der Waals surface area (Å²) in [6.45, 7) is 5.36. The minimum absolute atomic E-state index is 0.00778. The molecule has 3 aromatic rings. The number of hydrogen-bond acceptors (Lipinski definition) is 5. The van der Waals surface area contributed by atoms with E-state index < -0.39 is 0 Å². The SMILES string of the molecule is CCCC1c2cccc(c2)Oc2cc(ccc2C#N)Cn2cncc2CN2CCN1C(=O)C2. The predicted molar refractivity (Wildman–Crippen MR) is 124 cm³/mol. The third kappa shape index (κ3) is 4.35. The second kappa shape index (κ2) is 9.08. The van der Waals surface area contributed by atoms with Crippen molar-refractivity contribution in [3.8, 4) is 17.6 Å². The quantitative estimate of drug-likeness (QED) is 0.599. The zero-order valence-corrected chi connectivity index (χ0v) is 18.8. The highest BCUT2D eigenvalue weighted by molar-refractivity contribution is 5.79. The fourth-order valence-corrected chi connectivity index (χ4v) is 4.78. The van der Waals surface area contributed by atoms with Crippen LogP contribution in [0.3, 0.4) is 0 Å². The minimum Gasteiger partial charge on any atom is -0.456 e. The van der Waals surface area contributed by atoms with E-state index in [9.17, 15) is 10.1 Å². The average Bonchev–Trinajstić information content (AvgIpc) is 3.24. The van der Waals surface area contributed by atoms with Gasteiger partial charge < -0.3 is 14.2 Å². The summed E-state index contributed by atoms with van der Waals surface area (Å²) in [5.41, 5.74) is 3.64. The molecule has 2 unspecified atom stereocenters. The third-order valence-corrected chi connectivity index (χ3v) is 6.45. The van der Waals surface area contributed by atoms with Crippen LogP contribution in [0.1, 0.15) is 48.2 Å². The fourth-order valence-electron chi connectivity index (χ4n) is 4.78. The molecule has 2 aromatic carbocycles. The van der Waals surface area contributed by atoms with E-state index in [-0.39, 0.29) is 11.9 Å². The van der Waals surface area contributed by atoms with Crippen LogP contribution in [0.15, 0.2) is 55.0 Å². The van der Waals surface area contributed by atoms with Gasteiger partial charge in [-0.2, -0.15) is 5.26 Å². The highest BCUT2D eigenvalue weighted by Crippen LogP contribution is 2.33. The lowest BCUT2D eigenvalue weighted by Gasteiger charge is -2.39. The monoisotopic (exact) mass is 441 g/mol. The molecule has 1 fully saturated rings. The molecule has 1 amide bonds. The number of nitriles is 1. The van der Waals surface area contributed by atoms with Crippen molar-refractivity contribution in [2.75, 3.05) is 19.6 Å². The minimum atomic E-state index is 0.00778. The Morgan fingerprint density at radius 1 is 1.15 bits per heavy atom. The maximum absolute atomic E-state index is 13.2. The zero-order chi connectivity index (χ0) is 22.8. The Hall–Kier alpha value is -3.63. The molecule has 4 heterocycles. The first-order valence-electron chi connectivity index (χ1n) is 11.5. The number of rotatable bonds is 2. The summed E-state index contributed by atoms with van der Waals surface area (Å²) >= 11 is 0. The molecule has 0 N–H and O–H groups in total. The van der Waals surface area contributed by atoms with E-state index >= 15 is 0 Å². The summed E-state index contributed by atoms with van der Waals surface area (Å²) in [6.07, 6.45) is 5.55. The molecule has 1 aromatic heterocycles. The molecule has 3 aliphatic heterocycles. The summed E-state index contributed by atoms with van der Waals surface area (Å²) in [7, 11) is 0. The predicted octanol–water partition coefficient (Wildman–Crippen LogP) is 4.09. The van der Waals surface area contributed by atoms with Crippen LogP contribution in [0.25, 0.3) is 0 Å². The number of carbonyl (C=O) groups is 1. The van der Waals surface area contributed by atoms with Crippen LogP contribution in [0, 0.1) is 11.3 Å². The molecule has 2 atom stereocenters. The van der Waals surface area contributed by atoms with Crippen LogP contribution in [0.4, 0.5) is 0 Å². The molecule has 7 nitrogen and oxygen atoms in total. The van der Waals surface area contributed by atoms with Gasteiger partial charge in [0.05, 0.1) is 30.2 Å². The Labute approximate surface area is 193 Å². The molecule has 0 radical (unpaired) electrons. The summed E-state index contributed by atoms with van der Waals surface area (Å²) in [5, 5.41) is 9.62. The topological polar surface area (TPSA) is 74.4 Å². The van der Waals surface area contributed by atoms with E-state index in [0.717, 1.165) is 36.2 Å². The smallest absolute Gasteiger partial charge is 0.237 e. The molecule has 6 rings (SSSR count). The molecular weight excluding hydrogens is 414 g/mol. The van der Waals surface area contributed by atoms with Crippen molar-refractivity contribution in [2.45, 2.75) is 38.9 Å². The normalized spacial score (nSPS) is 20.1. The van der Waals surface area contributed by atoms with Gasteiger partial charge in [-0.05, 0) is 41.8 Å². The van der Waals surface area contributed by atoms with Crippen LogP contribution < -0.4 is 4.74 Å². The van der Waals surface area contributed by atoms with Gasteiger partial charge in [0.15, 0.2) is 0 Å². The van der Waals surface area contributed by atoms with Gasteiger partial charge in [-0.15, -0.1) is 0 Å². The number of piperazine rings is 1. The van der Waals surface area contributed by atoms with Gasteiger partial charge in [-0.3, -0.25) is 9.69 Å².